The number of benzene rings is 2. The summed E-state index contributed by atoms with van der Waals surface area (Å²) in [5.41, 5.74) is 9.63. The van der Waals surface area contributed by atoms with Crippen molar-refractivity contribution in [2.75, 3.05) is 29.9 Å². The van der Waals surface area contributed by atoms with Crippen LogP contribution in [0.5, 0.6) is 11.6 Å². The third-order valence-electron chi connectivity index (χ3n) is 5.12. The summed E-state index contributed by atoms with van der Waals surface area (Å²) in [6.45, 7) is 1.99. The lowest BCUT2D eigenvalue weighted by molar-refractivity contribution is 0.463. The highest BCUT2D eigenvalue weighted by Gasteiger charge is 2.17. The standard InChI is InChI=1S/C23H26N4O/c1-26(19-10-12-22(13-11-19)28-23-9-2-3-14-25-23)20-7-4-8-21(16-20)27-15-5-6-18(24)17-27/h2-4,7-14,16,18H,5-6,15,17,24H2,1H3. The number of aromatic nitrogens is 1. The molecule has 0 radical (unpaired) electrons. The van der Waals surface area contributed by atoms with Crippen LogP contribution in [0.2, 0.25) is 0 Å². The monoisotopic (exact) mass is 374 g/mol. The van der Waals surface area contributed by atoms with Crippen LogP contribution in [0.4, 0.5) is 17.1 Å². The molecule has 0 bridgehead atoms. The molecule has 2 N–H and O–H groups in total. The maximum Gasteiger partial charge on any atom is 0.219 e. The number of hydrogen-bond acceptors (Lipinski definition) is 5. The summed E-state index contributed by atoms with van der Waals surface area (Å²) in [4.78, 5) is 8.76. The highest BCUT2D eigenvalue weighted by molar-refractivity contribution is 5.67. The van der Waals surface area contributed by atoms with Gasteiger partial charge < -0.3 is 20.3 Å². The first-order valence-corrected chi connectivity index (χ1v) is 9.72. The van der Waals surface area contributed by atoms with Gasteiger partial charge >= 0.3 is 0 Å². The van der Waals surface area contributed by atoms with Gasteiger partial charge in [-0.3, -0.25) is 0 Å². The molecule has 0 spiro atoms. The molecule has 5 nitrogen and oxygen atoms in total. The van der Waals surface area contributed by atoms with Crippen LogP contribution < -0.4 is 20.3 Å². The molecule has 1 aliphatic rings. The van der Waals surface area contributed by atoms with Crippen molar-refractivity contribution >= 4 is 17.1 Å². The summed E-state index contributed by atoms with van der Waals surface area (Å²) in [6, 6.07) is 22.6. The van der Waals surface area contributed by atoms with Gasteiger partial charge in [0.1, 0.15) is 5.75 Å². The van der Waals surface area contributed by atoms with Crippen LogP contribution in [0.15, 0.2) is 72.9 Å². The number of anilines is 3. The van der Waals surface area contributed by atoms with Gasteiger partial charge in [-0.1, -0.05) is 12.1 Å². The average molecular weight is 374 g/mol. The molecular weight excluding hydrogens is 348 g/mol. The lowest BCUT2D eigenvalue weighted by atomic mass is 10.1. The van der Waals surface area contributed by atoms with Crippen LogP contribution in [0.1, 0.15) is 12.8 Å². The Bertz CT molecular complexity index is 898. The lowest BCUT2D eigenvalue weighted by Gasteiger charge is -2.33. The van der Waals surface area contributed by atoms with E-state index < -0.39 is 0 Å². The summed E-state index contributed by atoms with van der Waals surface area (Å²) in [5.74, 6) is 1.36. The third kappa shape index (κ3) is 4.26. The Hall–Kier alpha value is -3.05. The first-order valence-electron chi connectivity index (χ1n) is 9.72. The zero-order chi connectivity index (χ0) is 19.3. The van der Waals surface area contributed by atoms with Crippen LogP contribution in [-0.2, 0) is 0 Å². The summed E-state index contributed by atoms with van der Waals surface area (Å²) in [6.07, 6.45) is 3.99. The van der Waals surface area contributed by atoms with E-state index in [2.05, 4.69) is 58.2 Å². The van der Waals surface area contributed by atoms with Crippen LogP contribution in [-0.4, -0.2) is 31.2 Å². The van der Waals surface area contributed by atoms with Crippen LogP contribution in [0, 0.1) is 0 Å². The summed E-state index contributed by atoms with van der Waals surface area (Å²) < 4.78 is 5.78. The van der Waals surface area contributed by atoms with Gasteiger partial charge in [0.05, 0.1) is 0 Å². The van der Waals surface area contributed by atoms with Crippen LogP contribution in [0.25, 0.3) is 0 Å². The van der Waals surface area contributed by atoms with Gasteiger partial charge in [0.2, 0.25) is 5.88 Å². The molecule has 0 saturated carbocycles. The number of ether oxygens (including phenoxy) is 1. The second-order valence-corrected chi connectivity index (χ2v) is 7.19. The van der Waals surface area contributed by atoms with E-state index in [9.17, 15) is 0 Å². The average Bonchev–Trinajstić information content (AvgIpc) is 2.75. The van der Waals surface area contributed by atoms with Crippen molar-refractivity contribution in [3.63, 3.8) is 0 Å². The van der Waals surface area contributed by atoms with E-state index in [1.54, 1.807) is 6.20 Å². The maximum absolute atomic E-state index is 6.15. The normalized spacial score (nSPS) is 16.6. The molecule has 0 aliphatic carbocycles. The molecule has 2 aromatic carbocycles. The molecule has 144 valence electrons. The van der Waals surface area contributed by atoms with Crippen molar-refractivity contribution in [1.29, 1.82) is 0 Å². The van der Waals surface area contributed by atoms with Gasteiger partial charge in [0.25, 0.3) is 0 Å². The van der Waals surface area contributed by atoms with Crippen molar-refractivity contribution in [2.24, 2.45) is 5.73 Å². The van der Waals surface area contributed by atoms with Gasteiger partial charge in [0, 0.05) is 55.5 Å². The zero-order valence-electron chi connectivity index (χ0n) is 16.2. The van der Waals surface area contributed by atoms with Crippen molar-refractivity contribution in [1.82, 2.24) is 4.98 Å². The largest absolute Gasteiger partial charge is 0.439 e. The lowest BCUT2D eigenvalue weighted by Crippen LogP contribution is -2.42. The smallest absolute Gasteiger partial charge is 0.219 e. The maximum atomic E-state index is 6.15. The van der Waals surface area contributed by atoms with Gasteiger partial charge in [-0.05, 0) is 61.4 Å². The first-order chi connectivity index (χ1) is 13.7. The second-order valence-electron chi connectivity index (χ2n) is 7.19. The Kier molecular flexibility index (Phi) is 5.44. The number of nitrogens with zero attached hydrogens (tertiary/aromatic N) is 3. The Balaban J connectivity index is 1.48. The minimum Gasteiger partial charge on any atom is -0.439 e. The van der Waals surface area contributed by atoms with E-state index in [0.717, 1.165) is 43.1 Å². The molecule has 0 amide bonds. The Morgan fingerprint density at radius 2 is 1.89 bits per heavy atom. The molecule has 1 atom stereocenters. The van der Waals surface area contributed by atoms with E-state index in [0.29, 0.717) is 5.88 Å². The molecule has 1 aromatic heterocycles. The van der Waals surface area contributed by atoms with E-state index in [1.165, 1.54) is 5.69 Å². The SMILES string of the molecule is CN(c1ccc(Oc2ccccn2)cc1)c1cccc(N2CCCC(N)C2)c1. The number of hydrogen-bond donors (Lipinski definition) is 1. The fourth-order valence-electron chi connectivity index (χ4n) is 3.56. The number of rotatable bonds is 5. The molecule has 3 aromatic rings. The molecule has 5 heteroatoms. The van der Waals surface area contributed by atoms with Gasteiger partial charge in [-0.2, -0.15) is 0 Å². The Morgan fingerprint density at radius 3 is 2.64 bits per heavy atom. The fraction of sp³-hybridized carbons (Fsp3) is 0.261. The van der Waals surface area contributed by atoms with E-state index in [4.69, 9.17) is 10.5 Å². The number of pyridine rings is 1. The Labute approximate surface area is 166 Å². The highest BCUT2D eigenvalue weighted by Crippen LogP contribution is 2.30. The third-order valence-corrected chi connectivity index (χ3v) is 5.12. The van der Waals surface area contributed by atoms with Crippen LogP contribution in [0.3, 0.4) is 0 Å². The molecule has 1 aliphatic heterocycles. The highest BCUT2D eigenvalue weighted by atomic mass is 16.5. The molecular formula is C23H26N4O. The number of piperidine rings is 1. The topological polar surface area (TPSA) is 54.6 Å². The van der Waals surface area contributed by atoms with Crippen molar-refractivity contribution in [3.05, 3.63) is 72.9 Å². The molecule has 28 heavy (non-hydrogen) atoms. The molecule has 1 fully saturated rings. The van der Waals surface area contributed by atoms with E-state index >= 15 is 0 Å². The van der Waals surface area contributed by atoms with Crippen LogP contribution >= 0.6 is 0 Å². The van der Waals surface area contributed by atoms with Gasteiger partial charge in [-0.15, -0.1) is 0 Å². The molecule has 1 unspecified atom stereocenters. The zero-order valence-corrected chi connectivity index (χ0v) is 16.2. The van der Waals surface area contributed by atoms with Crippen molar-refractivity contribution in [3.8, 4) is 11.6 Å². The predicted octanol–water partition coefficient (Wildman–Crippen LogP) is 4.57. The first kappa shape index (κ1) is 18.3. The summed E-state index contributed by atoms with van der Waals surface area (Å²) in [7, 11) is 2.08. The fourth-order valence-corrected chi connectivity index (χ4v) is 3.56. The predicted molar refractivity (Wildman–Crippen MR) is 115 cm³/mol. The Morgan fingerprint density at radius 1 is 1.04 bits per heavy atom. The van der Waals surface area contributed by atoms with Crippen molar-refractivity contribution in [2.45, 2.75) is 18.9 Å². The minimum absolute atomic E-state index is 0.266. The van der Waals surface area contributed by atoms with Gasteiger partial charge in [0.15, 0.2) is 0 Å². The molecule has 4 rings (SSSR count). The summed E-state index contributed by atoms with van der Waals surface area (Å²) >= 11 is 0. The minimum atomic E-state index is 0.266. The molecule has 1 saturated heterocycles. The second kappa shape index (κ2) is 8.31. The van der Waals surface area contributed by atoms with Crippen molar-refractivity contribution < 1.29 is 4.74 Å². The van der Waals surface area contributed by atoms with E-state index in [1.807, 2.05) is 30.3 Å². The van der Waals surface area contributed by atoms with E-state index in [-0.39, 0.29) is 6.04 Å². The number of nitrogens with two attached hydrogens (primary N) is 1. The summed E-state index contributed by atoms with van der Waals surface area (Å²) in [5, 5.41) is 0. The molecule has 2 heterocycles. The quantitative estimate of drug-likeness (QED) is 0.709. The van der Waals surface area contributed by atoms with Gasteiger partial charge in [-0.25, -0.2) is 4.98 Å².